The van der Waals surface area contributed by atoms with E-state index >= 15 is 0 Å². The Morgan fingerprint density at radius 3 is 2.60 bits per heavy atom. The average molecular weight is 272 g/mol. The normalized spacial score (nSPS) is 25.7. The molecule has 0 spiro atoms. The third-order valence-corrected chi connectivity index (χ3v) is 4.61. The number of amides is 1. The third-order valence-electron chi connectivity index (χ3n) is 4.61. The van der Waals surface area contributed by atoms with Gasteiger partial charge in [-0.3, -0.25) is 4.79 Å². The van der Waals surface area contributed by atoms with E-state index in [0.717, 1.165) is 26.1 Å². The number of carbonyl (C=O) groups excluding carboxylic acids is 1. The van der Waals surface area contributed by atoms with Gasteiger partial charge in [-0.05, 0) is 45.2 Å². The molecule has 1 aromatic rings. The summed E-state index contributed by atoms with van der Waals surface area (Å²) in [5.74, 6) is 0.338. The van der Waals surface area contributed by atoms with Gasteiger partial charge in [0.2, 0.25) is 5.91 Å². The van der Waals surface area contributed by atoms with Crippen molar-refractivity contribution in [1.29, 1.82) is 0 Å². The number of aryl methyl sites for hydroxylation is 1. The van der Waals surface area contributed by atoms with Crippen LogP contribution in [0.1, 0.15) is 37.3 Å². The van der Waals surface area contributed by atoms with Crippen LogP contribution in [0.3, 0.4) is 0 Å². The van der Waals surface area contributed by atoms with Gasteiger partial charge in [-0.1, -0.05) is 29.8 Å². The number of carbonyl (C=O) groups is 1. The van der Waals surface area contributed by atoms with Gasteiger partial charge in [0, 0.05) is 19.1 Å². The van der Waals surface area contributed by atoms with Crippen molar-refractivity contribution in [3.05, 3.63) is 35.4 Å². The van der Waals surface area contributed by atoms with Crippen LogP contribution in [0, 0.1) is 12.3 Å². The maximum Gasteiger partial charge on any atom is 0.230 e. The Labute approximate surface area is 121 Å². The molecule has 1 aromatic carbocycles. The predicted octanol–water partition coefficient (Wildman–Crippen LogP) is 2.49. The first-order valence-electron chi connectivity index (χ1n) is 7.66. The maximum absolute atomic E-state index is 12.9. The van der Waals surface area contributed by atoms with Gasteiger partial charge in [0.1, 0.15) is 0 Å². The summed E-state index contributed by atoms with van der Waals surface area (Å²) in [6.45, 7) is 6.76. The summed E-state index contributed by atoms with van der Waals surface area (Å²) in [5, 5.41) is 3.33. The summed E-state index contributed by atoms with van der Waals surface area (Å²) in [7, 11) is 0. The Morgan fingerprint density at radius 2 is 2.05 bits per heavy atom. The molecule has 3 rings (SSSR count). The van der Waals surface area contributed by atoms with Gasteiger partial charge < -0.3 is 10.2 Å². The molecule has 1 unspecified atom stereocenters. The smallest absolute Gasteiger partial charge is 0.230 e. The van der Waals surface area contributed by atoms with E-state index in [1.165, 1.54) is 24.0 Å². The molecule has 1 atom stereocenters. The molecular weight excluding hydrogens is 248 g/mol. The lowest BCUT2D eigenvalue weighted by molar-refractivity contribution is -0.141. The molecule has 3 nitrogen and oxygen atoms in total. The highest BCUT2D eigenvalue weighted by atomic mass is 16.2. The fourth-order valence-corrected chi connectivity index (χ4v) is 2.99. The SMILES string of the molecule is Cc1ccc(CN(C(=O)C2(C)CCNC2)C2CC2)cc1. The number of nitrogens with zero attached hydrogens (tertiary/aromatic N) is 1. The molecule has 3 heteroatoms. The summed E-state index contributed by atoms with van der Waals surface area (Å²) < 4.78 is 0. The van der Waals surface area contributed by atoms with E-state index in [1.807, 2.05) is 0 Å². The third kappa shape index (κ3) is 2.73. The van der Waals surface area contributed by atoms with Gasteiger partial charge in [-0.25, -0.2) is 0 Å². The Bertz CT molecular complexity index is 484. The van der Waals surface area contributed by atoms with Crippen LogP contribution < -0.4 is 5.32 Å². The Morgan fingerprint density at radius 1 is 1.35 bits per heavy atom. The highest BCUT2D eigenvalue weighted by Gasteiger charge is 2.43. The largest absolute Gasteiger partial charge is 0.335 e. The van der Waals surface area contributed by atoms with E-state index in [-0.39, 0.29) is 5.41 Å². The van der Waals surface area contributed by atoms with Crippen molar-refractivity contribution in [2.45, 2.75) is 45.7 Å². The molecule has 1 heterocycles. The average Bonchev–Trinajstić information content (AvgIpc) is 3.19. The van der Waals surface area contributed by atoms with Crippen LogP contribution in [0.15, 0.2) is 24.3 Å². The second-order valence-corrected chi connectivity index (χ2v) is 6.64. The minimum atomic E-state index is -0.201. The monoisotopic (exact) mass is 272 g/mol. The number of nitrogens with one attached hydrogen (secondary N) is 1. The van der Waals surface area contributed by atoms with Gasteiger partial charge in [0.05, 0.1) is 5.41 Å². The molecule has 1 saturated heterocycles. The minimum absolute atomic E-state index is 0.201. The van der Waals surface area contributed by atoms with Crippen LogP contribution >= 0.6 is 0 Å². The summed E-state index contributed by atoms with van der Waals surface area (Å²) in [6.07, 6.45) is 3.30. The second kappa shape index (κ2) is 5.21. The van der Waals surface area contributed by atoms with E-state index in [1.54, 1.807) is 0 Å². The van der Waals surface area contributed by atoms with E-state index in [4.69, 9.17) is 0 Å². The van der Waals surface area contributed by atoms with Crippen molar-refractivity contribution in [3.63, 3.8) is 0 Å². The van der Waals surface area contributed by atoms with Gasteiger partial charge in [0.25, 0.3) is 0 Å². The van der Waals surface area contributed by atoms with Gasteiger partial charge in [-0.2, -0.15) is 0 Å². The van der Waals surface area contributed by atoms with Gasteiger partial charge >= 0.3 is 0 Å². The van der Waals surface area contributed by atoms with Crippen LogP contribution in [0.25, 0.3) is 0 Å². The quantitative estimate of drug-likeness (QED) is 0.913. The van der Waals surface area contributed by atoms with E-state index in [9.17, 15) is 4.79 Å². The molecule has 1 N–H and O–H groups in total. The van der Waals surface area contributed by atoms with E-state index < -0.39 is 0 Å². The molecule has 0 bridgehead atoms. The number of benzene rings is 1. The summed E-state index contributed by atoms with van der Waals surface area (Å²) in [5.41, 5.74) is 2.31. The molecule has 20 heavy (non-hydrogen) atoms. The zero-order valence-corrected chi connectivity index (χ0v) is 12.5. The van der Waals surface area contributed by atoms with Crippen molar-refractivity contribution >= 4 is 5.91 Å². The summed E-state index contributed by atoms with van der Waals surface area (Å²) in [6, 6.07) is 9.02. The first-order chi connectivity index (χ1) is 9.58. The van der Waals surface area contributed by atoms with Crippen LogP contribution in [0.4, 0.5) is 0 Å². The van der Waals surface area contributed by atoms with Crippen molar-refractivity contribution in [2.75, 3.05) is 13.1 Å². The first-order valence-corrected chi connectivity index (χ1v) is 7.66. The Kier molecular flexibility index (Phi) is 3.55. The highest BCUT2D eigenvalue weighted by Crippen LogP contribution is 2.35. The van der Waals surface area contributed by atoms with E-state index in [0.29, 0.717) is 11.9 Å². The van der Waals surface area contributed by atoms with Crippen LogP contribution in [0.5, 0.6) is 0 Å². The van der Waals surface area contributed by atoms with E-state index in [2.05, 4.69) is 48.3 Å². The molecular formula is C17H24N2O. The van der Waals surface area contributed by atoms with Gasteiger partial charge in [0.15, 0.2) is 0 Å². The fraction of sp³-hybridized carbons (Fsp3) is 0.588. The number of hydrogen-bond donors (Lipinski definition) is 1. The Balaban J connectivity index is 1.75. The summed E-state index contributed by atoms with van der Waals surface area (Å²) >= 11 is 0. The molecule has 1 amide bonds. The maximum atomic E-state index is 12.9. The zero-order valence-electron chi connectivity index (χ0n) is 12.5. The predicted molar refractivity (Wildman–Crippen MR) is 80.3 cm³/mol. The molecule has 2 aliphatic rings. The Hall–Kier alpha value is -1.35. The molecule has 108 valence electrons. The topological polar surface area (TPSA) is 32.3 Å². The molecule has 1 saturated carbocycles. The highest BCUT2D eigenvalue weighted by molar-refractivity contribution is 5.83. The van der Waals surface area contributed by atoms with Crippen LogP contribution in [-0.4, -0.2) is 29.9 Å². The first kappa shape index (κ1) is 13.6. The molecule has 0 radical (unpaired) electrons. The zero-order chi connectivity index (χ0) is 14.2. The van der Waals surface area contributed by atoms with Crippen LogP contribution in [0.2, 0.25) is 0 Å². The van der Waals surface area contributed by atoms with Gasteiger partial charge in [-0.15, -0.1) is 0 Å². The standard InChI is InChI=1S/C17H24N2O/c1-13-3-5-14(6-4-13)11-19(15-7-8-15)16(20)17(2)9-10-18-12-17/h3-6,15,18H,7-12H2,1-2H3. The van der Waals surface area contributed by atoms with Crippen molar-refractivity contribution in [3.8, 4) is 0 Å². The lowest BCUT2D eigenvalue weighted by Gasteiger charge is -2.31. The molecule has 1 aliphatic carbocycles. The lowest BCUT2D eigenvalue weighted by atomic mass is 9.87. The molecule has 0 aromatic heterocycles. The second-order valence-electron chi connectivity index (χ2n) is 6.64. The number of rotatable bonds is 4. The van der Waals surface area contributed by atoms with Crippen molar-refractivity contribution < 1.29 is 4.79 Å². The summed E-state index contributed by atoms with van der Waals surface area (Å²) in [4.78, 5) is 15.0. The minimum Gasteiger partial charge on any atom is -0.335 e. The number of hydrogen-bond acceptors (Lipinski definition) is 2. The van der Waals surface area contributed by atoms with Crippen molar-refractivity contribution in [1.82, 2.24) is 10.2 Å². The van der Waals surface area contributed by atoms with Crippen molar-refractivity contribution in [2.24, 2.45) is 5.41 Å². The molecule has 2 fully saturated rings. The fourth-order valence-electron chi connectivity index (χ4n) is 2.99. The lowest BCUT2D eigenvalue weighted by Crippen LogP contribution is -2.44. The molecule has 1 aliphatic heterocycles. The van der Waals surface area contributed by atoms with Crippen LogP contribution in [-0.2, 0) is 11.3 Å².